The number of hydrogen-bond donors (Lipinski definition) is 0. The van der Waals surface area contributed by atoms with E-state index in [4.69, 9.17) is 0 Å². The molecule has 0 aliphatic carbocycles. The van der Waals surface area contributed by atoms with E-state index in [1.807, 2.05) is 0 Å². The first-order valence-electron chi connectivity index (χ1n) is 3.35. The van der Waals surface area contributed by atoms with E-state index in [-0.39, 0.29) is 11.4 Å². The lowest BCUT2D eigenvalue weighted by Gasteiger charge is -1.89. The molecule has 0 bridgehead atoms. The smallest absolute Gasteiger partial charge is 0.258 e. The number of nitrogens with zero attached hydrogens (tertiary/aromatic N) is 3. The lowest BCUT2D eigenvalue weighted by Crippen LogP contribution is -1.93. The van der Waals surface area contributed by atoms with E-state index in [0.717, 1.165) is 18.5 Å². The van der Waals surface area contributed by atoms with Gasteiger partial charge in [0.05, 0.1) is 15.9 Å². The van der Waals surface area contributed by atoms with Gasteiger partial charge in [-0.25, -0.2) is 0 Å². The van der Waals surface area contributed by atoms with Crippen LogP contribution in [0.25, 0.3) is 0 Å². The largest absolute Gasteiger partial charge is 0.294 e. The van der Waals surface area contributed by atoms with Gasteiger partial charge in [0.1, 0.15) is 12.4 Å². The second-order valence-electron chi connectivity index (χ2n) is 1.92. The third-order valence-electron chi connectivity index (χ3n) is 1.13. The van der Waals surface area contributed by atoms with Gasteiger partial charge in [0.15, 0.2) is 0 Å². The number of pyridine rings is 1. The molecule has 1 heterocycles. The van der Waals surface area contributed by atoms with Crippen LogP contribution in [0.2, 0.25) is 0 Å². The molecule has 7 nitrogen and oxygen atoms in total. The second-order valence-corrected chi connectivity index (χ2v) is 1.92. The Morgan fingerprint density at radius 2 is 1.43 bits per heavy atom. The van der Waals surface area contributed by atoms with E-state index in [1.165, 1.54) is 0 Å². The van der Waals surface area contributed by atoms with Crippen molar-refractivity contribution in [3.63, 3.8) is 0 Å². The van der Waals surface area contributed by atoms with Crippen molar-refractivity contribution in [1.29, 1.82) is 0 Å². The summed E-state index contributed by atoms with van der Waals surface area (Å²) in [5.74, 6) is 0. The number of hydrogen-bond acceptors (Lipinski definition) is 5. The van der Waals surface area contributed by atoms with Gasteiger partial charge in [0, 0.05) is 0 Å². The van der Waals surface area contributed by atoms with Gasteiger partial charge in [0.25, 0.3) is 11.4 Å². The Morgan fingerprint density at radius 3 is 1.71 bits per heavy atom. The summed E-state index contributed by atoms with van der Waals surface area (Å²) in [6.45, 7) is 6.00. The van der Waals surface area contributed by atoms with Crippen LogP contribution in [-0.4, -0.2) is 14.8 Å². The molecule has 0 aromatic carbocycles. The van der Waals surface area contributed by atoms with E-state index >= 15 is 0 Å². The molecule has 1 aromatic rings. The predicted octanol–water partition coefficient (Wildman–Crippen LogP) is 1.70. The van der Waals surface area contributed by atoms with E-state index in [1.54, 1.807) is 0 Å². The molecular formula is C7H7N3O4. The average Bonchev–Trinajstić information content (AvgIpc) is 2.21. The van der Waals surface area contributed by atoms with Crippen molar-refractivity contribution in [2.24, 2.45) is 0 Å². The summed E-state index contributed by atoms with van der Waals surface area (Å²) >= 11 is 0. The molecule has 14 heavy (non-hydrogen) atoms. The molecule has 0 fully saturated rings. The fourth-order valence-corrected chi connectivity index (χ4v) is 0.616. The van der Waals surface area contributed by atoms with Gasteiger partial charge in [0.2, 0.25) is 0 Å². The zero-order chi connectivity index (χ0) is 11.1. The molecule has 0 amide bonds. The quantitative estimate of drug-likeness (QED) is 0.408. The Hall–Kier alpha value is -2.31. The summed E-state index contributed by atoms with van der Waals surface area (Å²) < 4.78 is 0. The van der Waals surface area contributed by atoms with E-state index in [2.05, 4.69) is 18.1 Å². The maximum Gasteiger partial charge on any atom is 0.294 e. The molecule has 1 aromatic heterocycles. The highest BCUT2D eigenvalue weighted by Gasteiger charge is 2.12. The van der Waals surface area contributed by atoms with Gasteiger partial charge >= 0.3 is 0 Å². The van der Waals surface area contributed by atoms with Crippen LogP contribution < -0.4 is 0 Å². The maximum atomic E-state index is 10.1. The lowest BCUT2D eigenvalue weighted by molar-refractivity contribution is -0.394. The Kier molecular flexibility index (Phi) is 4.47. The summed E-state index contributed by atoms with van der Waals surface area (Å²) in [5, 5.41) is 20.2. The Bertz CT molecular complexity index is 323. The molecule has 1 rings (SSSR count). The predicted molar refractivity (Wildman–Crippen MR) is 48.8 cm³/mol. The Labute approximate surface area is 79.0 Å². The molecule has 0 saturated carbocycles. The zero-order valence-electron chi connectivity index (χ0n) is 7.12. The highest BCUT2D eigenvalue weighted by atomic mass is 16.6. The summed E-state index contributed by atoms with van der Waals surface area (Å²) in [6, 6.07) is 0.854. The minimum absolute atomic E-state index is 0.385. The summed E-state index contributed by atoms with van der Waals surface area (Å²) in [5.41, 5.74) is -0.770. The SMILES string of the molecule is C=C.O=[N+]([O-])c1cncc([N+](=O)[O-])c1. The molecular weight excluding hydrogens is 190 g/mol. The van der Waals surface area contributed by atoms with Crippen LogP contribution in [0.1, 0.15) is 0 Å². The number of aromatic nitrogens is 1. The molecule has 74 valence electrons. The zero-order valence-corrected chi connectivity index (χ0v) is 7.12. The fourth-order valence-electron chi connectivity index (χ4n) is 0.616. The third-order valence-corrected chi connectivity index (χ3v) is 1.13. The molecule has 7 heteroatoms. The van der Waals surface area contributed by atoms with Crippen molar-refractivity contribution in [3.8, 4) is 0 Å². The third kappa shape index (κ3) is 2.97. The van der Waals surface area contributed by atoms with Crippen LogP contribution in [0.5, 0.6) is 0 Å². The van der Waals surface area contributed by atoms with Crippen LogP contribution in [0.4, 0.5) is 11.4 Å². The Morgan fingerprint density at radius 1 is 1.07 bits per heavy atom. The topological polar surface area (TPSA) is 99.2 Å². The average molecular weight is 197 g/mol. The van der Waals surface area contributed by atoms with Crippen LogP contribution >= 0.6 is 0 Å². The monoisotopic (exact) mass is 197 g/mol. The number of rotatable bonds is 2. The van der Waals surface area contributed by atoms with Crippen molar-refractivity contribution in [2.45, 2.75) is 0 Å². The normalized spacial score (nSPS) is 8.29. The van der Waals surface area contributed by atoms with Crippen molar-refractivity contribution < 1.29 is 9.85 Å². The van der Waals surface area contributed by atoms with Crippen LogP contribution in [0, 0.1) is 20.2 Å². The first-order chi connectivity index (χ1) is 6.61. The fraction of sp³-hybridized carbons (Fsp3) is 0. The first kappa shape index (κ1) is 11.7. The van der Waals surface area contributed by atoms with E-state index in [0.29, 0.717) is 0 Å². The van der Waals surface area contributed by atoms with Gasteiger partial charge in [-0.05, 0) is 0 Å². The van der Waals surface area contributed by atoms with Crippen LogP contribution in [-0.2, 0) is 0 Å². The minimum atomic E-state index is -0.736. The highest BCUT2D eigenvalue weighted by molar-refractivity contribution is 5.38. The Balaban J connectivity index is 0.000000791. The minimum Gasteiger partial charge on any atom is -0.258 e. The van der Waals surface area contributed by atoms with Gasteiger partial charge in [-0.2, -0.15) is 0 Å². The maximum absolute atomic E-state index is 10.1. The molecule has 0 spiro atoms. The molecule has 0 N–H and O–H groups in total. The van der Waals surface area contributed by atoms with Crippen LogP contribution in [0.15, 0.2) is 31.6 Å². The summed E-state index contributed by atoms with van der Waals surface area (Å²) in [7, 11) is 0. The number of nitro groups is 2. The molecule has 0 aliphatic rings. The van der Waals surface area contributed by atoms with Crippen molar-refractivity contribution in [1.82, 2.24) is 4.98 Å². The van der Waals surface area contributed by atoms with E-state index < -0.39 is 9.85 Å². The first-order valence-corrected chi connectivity index (χ1v) is 3.35. The van der Waals surface area contributed by atoms with Gasteiger partial charge in [-0.3, -0.25) is 25.2 Å². The van der Waals surface area contributed by atoms with Crippen LogP contribution in [0.3, 0.4) is 0 Å². The molecule has 0 unspecified atom stereocenters. The standard InChI is InChI=1S/C5H3N3O4.C2H4/c9-7(10)4-1-5(8(11)12)3-6-2-4;1-2/h1-3H;1-2H2. The molecule has 0 radical (unpaired) electrons. The van der Waals surface area contributed by atoms with Gasteiger partial charge in [-0.1, -0.05) is 0 Å². The molecule has 0 atom stereocenters. The van der Waals surface area contributed by atoms with Crippen molar-refractivity contribution in [3.05, 3.63) is 51.8 Å². The lowest BCUT2D eigenvalue weighted by atomic mass is 10.4. The molecule has 0 saturated heterocycles. The van der Waals surface area contributed by atoms with Crippen molar-refractivity contribution >= 4 is 11.4 Å². The van der Waals surface area contributed by atoms with Gasteiger partial charge in [-0.15, -0.1) is 13.2 Å². The summed E-state index contributed by atoms with van der Waals surface area (Å²) in [4.78, 5) is 22.1. The van der Waals surface area contributed by atoms with Crippen molar-refractivity contribution in [2.75, 3.05) is 0 Å². The second kappa shape index (κ2) is 5.36. The van der Waals surface area contributed by atoms with Gasteiger partial charge < -0.3 is 0 Å². The molecule has 0 aliphatic heterocycles. The highest BCUT2D eigenvalue weighted by Crippen LogP contribution is 2.16. The van der Waals surface area contributed by atoms with E-state index in [9.17, 15) is 20.2 Å². The summed E-state index contributed by atoms with van der Waals surface area (Å²) in [6.07, 6.45) is 1.90.